The highest BCUT2D eigenvalue weighted by molar-refractivity contribution is 5.87. The molecule has 0 aromatic heterocycles. The molecule has 0 aliphatic carbocycles. The lowest BCUT2D eigenvalue weighted by molar-refractivity contribution is -0.157. The second-order valence-corrected chi connectivity index (χ2v) is 5.19. The van der Waals surface area contributed by atoms with E-state index in [9.17, 15) is 14.7 Å². The number of hydrogen-bond donors (Lipinski definition) is 1. The molecule has 0 bridgehead atoms. The third-order valence-corrected chi connectivity index (χ3v) is 3.85. The summed E-state index contributed by atoms with van der Waals surface area (Å²) in [5.74, 6) is -0.803. The van der Waals surface area contributed by atoms with Crippen molar-refractivity contribution in [2.24, 2.45) is 0 Å². The van der Waals surface area contributed by atoms with Crippen molar-refractivity contribution in [1.29, 1.82) is 0 Å². The Labute approximate surface area is 109 Å². The number of likely N-dealkylation sites (tertiary alicyclic amines) is 1. The monoisotopic (exact) mass is 255 g/mol. The lowest BCUT2D eigenvalue weighted by atomic mass is 9.90. The fraction of sp³-hybridized carbons (Fsp3) is 0.857. The minimum atomic E-state index is -0.919. The first-order valence-electron chi connectivity index (χ1n) is 7.12. The van der Waals surface area contributed by atoms with Gasteiger partial charge in [-0.3, -0.25) is 4.79 Å². The van der Waals surface area contributed by atoms with Crippen LogP contribution in [0.15, 0.2) is 0 Å². The van der Waals surface area contributed by atoms with E-state index >= 15 is 0 Å². The van der Waals surface area contributed by atoms with Crippen molar-refractivity contribution >= 4 is 11.9 Å². The topological polar surface area (TPSA) is 57.6 Å². The summed E-state index contributed by atoms with van der Waals surface area (Å²) in [5.41, 5.74) is -0.919. The highest BCUT2D eigenvalue weighted by atomic mass is 16.4. The van der Waals surface area contributed by atoms with Crippen LogP contribution in [0.25, 0.3) is 0 Å². The molecule has 1 aliphatic rings. The number of nitrogens with zero attached hydrogens (tertiary/aromatic N) is 1. The van der Waals surface area contributed by atoms with E-state index in [0.29, 0.717) is 25.8 Å². The quantitative estimate of drug-likeness (QED) is 0.712. The number of carbonyl (C=O) groups is 2. The van der Waals surface area contributed by atoms with Crippen molar-refractivity contribution in [3.63, 3.8) is 0 Å². The summed E-state index contributed by atoms with van der Waals surface area (Å²) in [6.07, 6.45) is 6.26. The zero-order chi connectivity index (χ0) is 13.6. The average molecular weight is 255 g/mol. The van der Waals surface area contributed by atoms with Gasteiger partial charge in [0.25, 0.3) is 0 Å². The molecular weight excluding hydrogens is 230 g/mol. The average Bonchev–Trinajstić information content (AvgIpc) is 2.75. The molecular formula is C14H25NO3. The van der Waals surface area contributed by atoms with Crippen LogP contribution in [0.1, 0.15) is 65.2 Å². The van der Waals surface area contributed by atoms with Crippen LogP contribution in [0, 0.1) is 0 Å². The number of carbonyl (C=O) groups excluding carboxylic acids is 1. The Hall–Kier alpha value is -1.06. The fourth-order valence-corrected chi connectivity index (χ4v) is 2.91. The standard InChI is InChI=1S/C14H25NO3/c1-3-5-6-8-12(16)15-11-7-10-14(15,9-4-2)13(17)18/h3-11H2,1-2H3,(H,17,18). The van der Waals surface area contributed by atoms with E-state index in [1.54, 1.807) is 4.90 Å². The first-order chi connectivity index (χ1) is 8.58. The van der Waals surface area contributed by atoms with Crippen LogP contribution >= 0.6 is 0 Å². The summed E-state index contributed by atoms with van der Waals surface area (Å²) in [6.45, 7) is 4.68. The molecule has 0 spiro atoms. The molecule has 18 heavy (non-hydrogen) atoms. The summed E-state index contributed by atoms with van der Waals surface area (Å²) >= 11 is 0. The Bertz CT molecular complexity index is 303. The number of carboxylic acid groups (broad SMARTS) is 1. The number of hydrogen-bond acceptors (Lipinski definition) is 2. The summed E-state index contributed by atoms with van der Waals surface area (Å²) in [6, 6.07) is 0. The van der Waals surface area contributed by atoms with Crippen molar-refractivity contribution in [3.8, 4) is 0 Å². The maximum Gasteiger partial charge on any atom is 0.329 e. The highest BCUT2D eigenvalue weighted by Gasteiger charge is 2.48. The van der Waals surface area contributed by atoms with Gasteiger partial charge in [-0.15, -0.1) is 0 Å². The van der Waals surface area contributed by atoms with Crippen LogP contribution in [0.3, 0.4) is 0 Å². The van der Waals surface area contributed by atoms with Gasteiger partial charge < -0.3 is 10.0 Å². The predicted molar refractivity (Wildman–Crippen MR) is 70.4 cm³/mol. The molecule has 0 saturated carbocycles. The van der Waals surface area contributed by atoms with Crippen molar-refractivity contribution in [3.05, 3.63) is 0 Å². The molecule has 1 unspecified atom stereocenters. The Morgan fingerprint density at radius 2 is 1.94 bits per heavy atom. The molecule has 1 heterocycles. The van der Waals surface area contributed by atoms with E-state index < -0.39 is 11.5 Å². The van der Waals surface area contributed by atoms with E-state index in [0.717, 1.165) is 32.1 Å². The molecule has 1 aliphatic heterocycles. The van der Waals surface area contributed by atoms with Gasteiger partial charge in [-0.25, -0.2) is 4.79 Å². The van der Waals surface area contributed by atoms with Crippen molar-refractivity contribution < 1.29 is 14.7 Å². The second-order valence-electron chi connectivity index (χ2n) is 5.19. The number of unbranched alkanes of at least 4 members (excludes halogenated alkanes) is 2. The summed E-state index contributed by atoms with van der Waals surface area (Å²) < 4.78 is 0. The molecule has 0 aromatic rings. The van der Waals surface area contributed by atoms with Gasteiger partial charge in [-0.2, -0.15) is 0 Å². The van der Waals surface area contributed by atoms with Crippen LogP contribution in [0.4, 0.5) is 0 Å². The summed E-state index contributed by atoms with van der Waals surface area (Å²) in [4.78, 5) is 25.4. The Morgan fingerprint density at radius 1 is 1.22 bits per heavy atom. The SMILES string of the molecule is CCCCCC(=O)N1CCCC1(CCC)C(=O)O. The zero-order valence-electron chi connectivity index (χ0n) is 11.6. The number of rotatable bonds is 7. The number of carboxylic acids is 1. The molecule has 1 N–H and O–H groups in total. The molecule has 1 rings (SSSR count). The van der Waals surface area contributed by atoms with Gasteiger partial charge in [0.2, 0.25) is 5.91 Å². The van der Waals surface area contributed by atoms with E-state index in [4.69, 9.17) is 0 Å². The van der Waals surface area contributed by atoms with Crippen LogP contribution in [-0.2, 0) is 9.59 Å². The summed E-state index contributed by atoms with van der Waals surface area (Å²) in [5, 5.41) is 9.49. The third kappa shape index (κ3) is 3.03. The Morgan fingerprint density at radius 3 is 2.50 bits per heavy atom. The highest BCUT2D eigenvalue weighted by Crippen LogP contribution is 2.34. The lowest BCUT2D eigenvalue weighted by Gasteiger charge is -2.34. The predicted octanol–water partition coefficient (Wildman–Crippen LogP) is 2.81. The largest absolute Gasteiger partial charge is 0.479 e. The minimum absolute atomic E-state index is 0.0248. The molecule has 4 heteroatoms. The maximum atomic E-state index is 12.2. The molecule has 1 saturated heterocycles. The van der Waals surface area contributed by atoms with Gasteiger partial charge >= 0.3 is 5.97 Å². The molecule has 0 aromatic carbocycles. The Balaban J connectivity index is 2.72. The Kier molecular flexibility index (Phi) is 5.63. The summed E-state index contributed by atoms with van der Waals surface area (Å²) in [7, 11) is 0. The maximum absolute atomic E-state index is 12.2. The molecule has 0 radical (unpaired) electrons. The van der Waals surface area contributed by atoms with Crippen molar-refractivity contribution in [2.75, 3.05) is 6.54 Å². The van der Waals surface area contributed by atoms with Gasteiger partial charge in [0.1, 0.15) is 5.54 Å². The van der Waals surface area contributed by atoms with E-state index in [1.807, 2.05) is 6.92 Å². The van der Waals surface area contributed by atoms with Crippen molar-refractivity contribution in [1.82, 2.24) is 4.90 Å². The van der Waals surface area contributed by atoms with Crippen molar-refractivity contribution in [2.45, 2.75) is 70.8 Å². The molecule has 1 atom stereocenters. The van der Waals surface area contributed by atoms with E-state index in [1.165, 1.54) is 0 Å². The number of aliphatic carboxylic acids is 1. The van der Waals surface area contributed by atoms with E-state index in [2.05, 4.69) is 6.92 Å². The van der Waals surface area contributed by atoms with Gasteiger partial charge in [0, 0.05) is 13.0 Å². The molecule has 1 fully saturated rings. The second kappa shape index (κ2) is 6.76. The van der Waals surface area contributed by atoms with Crippen LogP contribution in [0.5, 0.6) is 0 Å². The normalized spacial score (nSPS) is 23.3. The van der Waals surface area contributed by atoms with Gasteiger partial charge in [0.05, 0.1) is 0 Å². The molecule has 104 valence electrons. The van der Waals surface area contributed by atoms with Crippen LogP contribution < -0.4 is 0 Å². The van der Waals surface area contributed by atoms with E-state index in [-0.39, 0.29) is 5.91 Å². The van der Waals surface area contributed by atoms with Crippen LogP contribution in [-0.4, -0.2) is 34.0 Å². The molecule has 4 nitrogen and oxygen atoms in total. The smallest absolute Gasteiger partial charge is 0.329 e. The van der Waals surface area contributed by atoms with Gasteiger partial charge in [0.15, 0.2) is 0 Å². The lowest BCUT2D eigenvalue weighted by Crippen LogP contribution is -2.53. The van der Waals surface area contributed by atoms with Gasteiger partial charge in [-0.05, 0) is 25.7 Å². The van der Waals surface area contributed by atoms with Crippen LogP contribution in [0.2, 0.25) is 0 Å². The number of amides is 1. The van der Waals surface area contributed by atoms with Gasteiger partial charge in [-0.1, -0.05) is 33.1 Å². The first-order valence-corrected chi connectivity index (χ1v) is 7.12. The minimum Gasteiger partial charge on any atom is -0.479 e. The third-order valence-electron chi connectivity index (χ3n) is 3.85. The zero-order valence-corrected chi connectivity index (χ0v) is 11.6. The fourth-order valence-electron chi connectivity index (χ4n) is 2.91. The first kappa shape index (κ1) is 15.0. The molecule has 1 amide bonds.